The van der Waals surface area contributed by atoms with Crippen LogP contribution in [0.5, 0.6) is 5.88 Å². The molecule has 1 heterocycles. The van der Waals surface area contributed by atoms with Crippen molar-refractivity contribution in [2.45, 2.75) is 39.2 Å². The summed E-state index contributed by atoms with van der Waals surface area (Å²) in [4.78, 5) is 24.3. The van der Waals surface area contributed by atoms with E-state index in [9.17, 15) is 14.7 Å². The highest BCUT2D eigenvalue weighted by molar-refractivity contribution is 9.10. The summed E-state index contributed by atoms with van der Waals surface area (Å²) in [6.45, 7) is 3.11. The number of carbonyl (C=O) groups excluding carboxylic acids is 2. The van der Waals surface area contributed by atoms with Crippen LogP contribution in [0.25, 0.3) is 10.9 Å². The Hall–Kier alpha value is -3.00. The van der Waals surface area contributed by atoms with Crippen LogP contribution in [0.15, 0.2) is 63.2 Å². The van der Waals surface area contributed by atoms with Gasteiger partial charge in [0.05, 0.1) is 11.1 Å². The molecule has 0 fully saturated rings. The number of hydrogen-bond donors (Lipinski definition) is 2. The molecule has 2 N–H and O–H groups in total. The molecule has 0 saturated carbocycles. The maximum absolute atomic E-state index is 12.2. The van der Waals surface area contributed by atoms with Crippen LogP contribution in [0.4, 0.5) is 5.69 Å². The van der Waals surface area contributed by atoms with Gasteiger partial charge in [-0.15, -0.1) is 10.2 Å². The molecule has 0 aliphatic carbocycles. The van der Waals surface area contributed by atoms with E-state index in [4.69, 9.17) is 0 Å². The Balaban J connectivity index is 1.58. The molecule has 3 rings (SSSR count). The number of azo groups is 1. The van der Waals surface area contributed by atoms with E-state index in [1.165, 1.54) is 0 Å². The number of halogens is 1. The van der Waals surface area contributed by atoms with Crippen molar-refractivity contribution >= 4 is 44.3 Å². The van der Waals surface area contributed by atoms with Gasteiger partial charge in [0.15, 0.2) is 5.69 Å². The van der Waals surface area contributed by atoms with Crippen LogP contribution in [0.1, 0.15) is 43.0 Å². The number of aryl methyl sites for hydroxylation is 1. The van der Waals surface area contributed by atoms with Crippen molar-refractivity contribution < 1.29 is 14.7 Å². The van der Waals surface area contributed by atoms with Gasteiger partial charge in [-0.05, 0) is 47.0 Å². The quantitative estimate of drug-likeness (QED) is 0.299. The number of amides is 2. The number of fused-ring (bicyclic) bond motifs is 1. The standard InChI is InChI=1S/C23H25BrN4O3/c1-2-3-15-28-19-12-7-5-10-17(19)21(23(28)31)27-26-20(29)13-8-14-25-22(30)16-9-4-6-11-18(16)24/h4-7,9-12,31H,2-3,8,13-15H2,1H3,(H,25,30). The van der Waals surface area contributed by atoms with E-state index < -0.39 is 5.91 Å². The number of nitrogens with zero attached hydrogens (tertiary/aromatic N) is 3. The number of unbranched alkanes of at least 4 members (excludes halogenated alkanes) is 1. The lowest BCUT2D eigenvalue weighted by molar-refractivity contribution is -0.118. The second-order valence-corrected chi connectivity index (χ2v) is 7.98. The summed E-state index contributed by atoms with van der Waals surface area (Å²) in [6.07, 6.45) is 2.51. The molecule has 8 heteroatoms. The molecule has 0 bridgehead atoms. The second-order valence-electron chi connectivity index (χ2n) is 7.13. The summed E-state index contributed by atoms with van der Waals surface area (Å²) in [5.74, 6) is -0.585. The Morgan fingerprint density at radius 2 is 1.84 bits per heavy atom. The lowest BCUT2D eigenvalue weighted by Crippen LogP contribution is -2.25. The first-order valence-corrected chi connectivity index (χ1v) is 11.1. The number of aromatic hydroxyl groups is 1. The first-order chi connectivity index (χ1) is 15.0. The number of nitrogens with one attached hydrogen (secondary N) is 1. The number of benzene rings is 2. The van der Waals surface area contributed by atoms with Gasteiger partial charge in [0, 0.05) is 29.4 Å². The molecule has 2 aromatic carbocycles. The zero-order chi connectivity index (χ0) is 22.2. The van der Waals surface area contributed by atoms with E-state index in [1.807, 2.05) is 30.3 Å². The maximum atomic E-state index is 12.2. The summed E-state index contributed by atoms with van der Waals surface area (Å²) in [5, 5.41) is 22.0. The fourth-order valence-electron chi connectivity index (χ4n) is 3.25. The Morgan fingerprint density at radius 1 is 1.10 bits per heavy atom. The van der Waals surface area contributed by atoms with Crippen molar-refractivity contribution in [2.75, 3.05) is 6.54 Å². The van der Waals surface area contributed by atoms with Crippen LogP contribution in [0.2, 0.25) is 0 Å². The highest BCUT2D eigenvalue weighted by Crippen LogP contribution is 2.39. The van der Waals surface area contributed by atoms with E-state index in [2.05, 4.69) is 38.4 Å². The van der Waals surface area contributed by atoms with E-state index in [0.29, 0.717) is 30.8 Å². The summed E-state index contributed by atoms with van der Waals surface area (Å²) < 4.78 is 2.52. The lowest BCUT2D eigenvalue weighted by Gasteiger charge is -2.05. The Bertz CT molecular complexity index is 1110. The molecule has 0 spiro atoms. The minimum absolute atomic E-state index is 0.0203. The molecule has 0 aliphatic rings. The molecule has 2 amide bonds. The van der Waals surface area contributed by atoms with Crippen LogP contribution in [-0.4, -0.2) is 28.0 Å². The fourth-order valence-corrected chi connectivity index (χ4v) is 3.72. The third kappa shape index (κ3) is 5.58. The third-order valence-electron chi connectivity index (χ3n) is 4.89. The topological polar surface area (TPSA) is 96.0 Å². The minimum atomic E-state index is -0.403. The predicted molar refractivity (Wildman–Crippen MR) is 124 cm³/mol. The van der Waals surface area contributed by atoms with Gasteiger partial charge < -0.3 is 15.0 Å². The van der Waals surface area contributed by atoms with Crippen LogP contribution in [0, 0.1) is 0 Å². The molecule has 1 aromatic heterocycles. The molecule has 0 aliphatic heterocycles. The normalized spacial score (nSPS) is 11.3. The lowest BCUT2D eigenvalue weighted by atomic mass is 10.2. The van der Waals surface area contributed by atoms with Gasteiger partial charge in [-0.3, -0.25) is 9.59 Å². The molecule has 0 atom stereocenters. The first-order valence-electron chi connectivity index (χ1n) is 10.3. The Kier molecular flexibility index (Phi) is 7.94. The van der Waals surface area contributed by atoms with Crippen molar-refractivity contribution in [1.29, 1.82) is 0 Å². The van der Waals surface area contributed by atoms with Gasteiger partial charge in [0.2, 0.25) is 5.88 Å². The summed E-state index contributed by atoms with van der Waals surface area (Å²) in [6, 6.07) is 14.7. The van der Waals surface area contributed by atoms with Gasteiger partial charge in [-0.1, -0.05) is 43.7 Å². The maximum Gasteiger partial charge on any atom is 0.264 e. The van der Waals surface area contributed by atoms with Crippen LogP contribution < -0.4 is 5.32 Å². The molecule has 162 valence electrons. The molecule has 0 radical (unpaired) electrons. The van der Waals surface area contributed by atoms with Crippen LogP contribution in [0.3, 0.4) is 0 Å². The average Bonchev–Trinajstić information content (AvgIpc) is 3.04. The summed E-state index contributed by atoms with van der Waals surface area (Å²) >= 11 is 3.35. The number of rotatable bonds is 9. The monoisotopic (exact) mass is 484 g/mol. The fraction of sp³-hybridized carbons (Fsp3) is 0.304. The largest absolute Gasteiger partial charge is 0.493 e. The Labute approximate surface area is 189 Å². The van der Waals surface area contributed by atoms with Crippen LogP contribution in [-0.2, 0) is 11.3 Å². The van der Waals surface area contributed by atoms with Gasteiger partial charge >= 0.3 is 0 Å². The zero-order valence-electron chi connectivity index (χ0n) is 17.3. The molecule has 0 unspecified atom stereocenters. The van der Waals surface area contributed by atoms with Gasteiger partial charge in [0.1, 0.15) is 0 Å². The minimum Gasteiger partial charge on any atom is -0.493 e. The number of para-hydroxylation sites is 1. The summed E-state index contributed by atoms with van der Waals surface area (Å²) in [7, 11) is 0. The van der Waals surface area contributed by atoms with Crippen molar-refractivity contribution in [3.63, 3.8) is 0 Å². The van der Waals surface area contributed by atoms with Gasteiger partial charge in [0.25, 0.3) is 11.8 Å². The summed E-state index contributed by atoms with van der Waals surface area (Å²) in [5.41, 5.74) is 1.72. The van der Waals surface area contributed by atoms with Crippen molar-refractivity contribution in [3.8, 4) is 5.88 Å². The number of carbonyl (C=O) groups is 2. The molecule has 0 saturated heterocycles. The highest BCUT2D eigenvalue weighted by Gasteiger charge is 2.16. The second kappa shape index (κ2) is 10.9. The average molecular weight is 485 g/mol. The molecule has 31 heavy (non-hydrogen) atoms. The van der Waals surface area contributed by atoms with Gasteiger partial charge in [-0.25, -0.2) is 0 Å². The van der Waals surface area contributed by atoms with E-state index in [1.54, 1.807) is 22.8 Å². The molecular weight excluding hydrogens is 460 g/mol. The molecule has 3 aromatic rings. The van der Waals surface area contributed by atoms with Crippen molar-refractivity contribution in [1.82, 2.24) is 9.88 Å². The Morgan fingerprint density at radius 3 is 2.61 bits per heavy atom. The highest BCUT2D eigenvalue weighted by atomic mass is 79.9. The van der Waals surface area contributed by atoms with E-state index in [0.717, 1.165) is 28.2 Å². The third-order valence-corrected chi connectivity index (χ3v) is 5.58. The first kappa shape index (κ1) is 22.7. The van der Waals surface area contributed by atoms with Gasteiger partial charge in [-0.2, -0.15) is 0 Å². The molecular formula is C23H25BrN4O3. The predicted octanol–water partition coefficient (Wildman–Crippen LogP) is 5.73. The van der Waals surface area contributed by atoms with Crippen molar-refractivity contribution in [2.24, 2.45) is 10.2 Å². The van der Waals surface area contributed by atoms with Crippen molar-refractivity contribution in [3.05, 3.63) is 58.6 Å². The number of aromatic nitrogens is 1. The smallest absolute Gasteiger partial charge is 0.264 e. The SMILES string of the molecule is CCCCn1c(O)c(N=NC(=O)CCCNC(=O)c2ccccc2Br)c2ccccc21. The van der Waals surface area contributed by atoms with E-state index in [-0.39, 0.29) is 18.2 Å². The molecule has 7 nitrogen and oxygen atoms in total. The van der Waals surface area contributed by atoms with E-state index >= 15 is 0 Å². The zero-order valence-corrected chi connectivity index (χ0v) is 18.9. The van der Waals surface area contributed by atoms with Crippen LogP contribution >= 0.6 is 15.9 Å². The number of hydrogen-bond acceptors (Lipinski definition) is 4.